The number of rotatable bonds is 4. The molecule has 6 nitrogen and oxygen atoms in total. The highest BCUT2D eigenvalue weighted by atomic mass is 16.7. The molecule has 3 rings (SSSR count). The second-order valence-electron chi connectivity index (χ2n) is 6.83. The molecule has 0 saturated carbocycles. The van der Waals surface area contributed by atoms with Crippen LogP contribution in [0.3, 0.4) is 0 Å². The Kier molecular flexibility index (Phi) is 4.09. The summed E-state index contributed by atoms with van der Waals surface area (Å²) in [5.74, 6) is 0.903. The van der Waals surface area contributed by atoms with Crippen molar-refractivity contribution >= 4 is 12.6 Å². The molecule has 0 spiro atoms. The SMILES string of the molecule is CCOc1cc(B2OC(C)(C)C(C)(C)O2)ccc1-c1cc(O)no1. The Bertz CT molecular complexity index is 724. The van der Waals surface area contributed by atoms with Crippen LogP contribution < -0.4 is 10.2 Å². The van der Waals surface area contributed by atoms with Crippen molar-refractivity contribution in [3.8, 4) is 23.0 Å². The first-order valence-electron chi connectivity index (χ1n) is 8.02. The smallest absolute Gasteiger partial charge is 0.493 e. The van der Waals surface area contributed by atoms with Crippen LogP contribution in [-0.2, 0) is 9.31 Å². The van der Waals surface area contributed by atoms with E-state index in [2.05, 4.69) is 5.16 Å². The molecule has 0 unspecified atom stereocenters. The van der Waals surface area contributed by atoms with Gasteiger partial charge in [-0.1, -0.05) is 6.07 Å². The molecule has 2 aromatic rings. The van der Waals surface area contributed by atoms with Gasteiger partial charge in [-0.2, -0.15) is 0 Å². The molecule has 1 aliphatic heterocycles. The summed E-state index contributed by atoms with van der Waals surface area (Å²) in [6.45, 7) is 10.5. The first-order chi connectivity index (χ1) is 11.2. The zero-order chi connectivity index (χ0) is 17.5. The van der Waals surface area contributed by atoms with Gasteiger partial charge in [-0.25, -0.2) is 0 Å². The Hall–Kier alpha value is -1.99. The number of benzene rings is 1. The highest BCUT2D eigenvalue weighted by Crippen LogP contribution is 2.37. The van der Waals surface area contributed by atoms with E-state index in [9.17, 15) is 5.11 Å². The highest BCUT2D eigenvalue weighted by Gasteiger charge is 2.51. The maximum atomic E-state index is 9.39. The minimum Gasteiger partial charge on any atom is -0.493 e. The normalized spacial score (nSPS) is 18.8. The van der Waals surface area contributed by atoms with Crippen molar-refractivity contribution in [2.24, 2.45) is 0 Å². The molecule has 1 aromatic heterocycles. The van der Waals surface area contributed by atoms with Gasteiger partial charge in [0.1, 0.15) is 5.75 Å². The zero-order valence-corrected chi connectivity index (χ0v) is 14.6. The average Bonchev–Trinajstić information content (AvgIpc) is 3.01. The number of aromatic hydroxyl groups is 1. The van der Waals surface area contributed by atoms with E-state index in [0.717, 1.165) is 5.46 Å². The minimum absolute atomic E-state index is 0.164. The second kappa shape index (κ2) is 5.83. The molecule has 2 heterocycles. The van der Waals surface area contributed by atoms with Crippen molar-refractivity contribution in [1.82, 2.24) is 5.16 Å². The fraction of sp³-hybridized carbons (Fsp3) is 0.471. The van der Waals surface area contributed by atoms with E-state index in [1.807, 2.05) is 52.8 Å². The average molecular weight is 331 g/mol. The lowest BCUT2D eigenvalue weighted by Gasteiger charge is -2.32. The maximum absolute atomic E-state index is 9.39. The van der Waals surface area contributed by atoms with Crippen LogP contribution in [0.2, 0.25) is 0 Å². The van der Waals surface area contributed by atoms with Gasteiger partial charge in [-0.15, -0.1) is 0 Å². The number of hydrogen-bond donors (Lipinski definition) is 1. The molecule has 7 heteroatoms. The summed E-state index contributed by atoms with van der Waals surface area (Å²) in [6.07, 6.45) is 0. The molecule has 0 aliphatic carbocycles. The van der Waals surface area contributed by atoms with Crippen LogP contribution in [0.5, 0.6) is 11.6 Å². The van der Waals surface area contributed by atoms with Gasteiger partial charge in [0.25, 0.3) is 5.88 Å². The molecule has 24 heavy (non-hydrogen) atoms. The number of nitrogens with zero attached hydrogens (tertiary/aromatic N) is 1. The molecule has 1 saturated heterocycles. The first-order valence-corrected chi connectivity index (χ1v) is 8.02. The first kappa shape index (κ1) is 16.9. The van der Waals surface area contributed by atoms with Gasteiger partial charge in [0.2, 0.25) is 0 Å². The third kappa shape index (κ3) is 2.89. The predicted octanol–water partition coefficient (Wildman–Crippen LogP) is 2.75. The van der Waals surface area contributed by atoms with Crippen LogP contribution in [-0.4, -0.2) is 35.2 Å². The Morgan fingerprint density at radius 2 is 1.79 bits per heavy atom. The van der Waals surface area contributed by atoms with Crippen LogP contribution in [0.25, 0.3) is 11.3 Å². The summed E-state index contributed by atoms with van der Waals surface area (Å²) in [4.78, 5) is 0. The van der Waals surface area contributed by atoms with Gasteiger partial charge in [0, 0.05) is 6.07 Å². The monoisotopic (exact) mass is 331 g/mol. The van der Waals surface area contributed by atoms with E-state index in [-0.39, 0.29) is 5.88 Å². The van der Waals surface area contributed by atoms with Crippen LogP contribution in [0.1, 0.15) is 34.6 Å². The number of ether oxygens (including phenoxy) is 1. The fourth-order valence-electron chi connectivity index (χ4n) is 2.54. The zero-order valence-electron chi connectivity index (χ0n) is 14.6. The van der Waals surface area contributed by atoms with E-state index < -0.39 is 18.3 Å². The Morgan fingerprint density at radius 3 is 2.33 bits per heavy atom. The summed E-state index contributed by atoms with van der Waals surface area (Å²) < 4.78 is 23.0. The van der Waals surface area contributed by atoms with Gasteiger partial charge < -0.3 is 23.7 Å². The van der Waals surface area contributed by atoms with Gasteiger partial charge in [-0.05, 0) is 57.4 Å². The molecule has 1 fully saturated rings. The predicted molar refractivity (Wildman–Crippen MR) is 90.5 cm³/mol. The van der Waals surface area contributed by atoms with Crippen LogP contribution in [0, 0.1) is 0 Å². The number of aromatic nitrogens is 1. The largest absolute Gasteiger partial charge is 0.494 e. The van der Waals surface area contributed by atoms with Gasteiger partial charge in [0.05, 0.1) is 23.4 Å². The van der Waals surface area contributed by atoms with Gasteiger partial charge >= 0.3 is 7.12 Å². The Balaban J connectivity index is 1.96. The quantitative estimate of drug-likeness (QED) is 0.869. The third-order valence-electron chi connectivity index (χ3n) is 4.59. The van der Waals surface area contributed by atoms with E-state index in [0.29, 0.717) is 23.7 Å². The molecular formula is C17H22BNO5. The molecule has 1 aromatic carbocycles. The lowest BCUT2D eigenvalue weighted by atomic mass is 9.78. The summed E-state index contributed by atoms with van der Waals surface area (Å²) in [5.41, 5.74) is 0.770. The molecule has 128 valence electrons. The highest BCUT2D eigenvalue weighted by molar-refractivity contribution is 6.62. The van der Waals surface area contributed by atoms with Gasteiger partial charge in [-0.3, -0.25) is 0 Å². The van der Waals surface area contributed by atoms with Crippen molar-refractivity contribution in [3.63, 3.8) is 0 Å². The molecule has 0 bridgehead atoms. The topological polar surface area (TPSA) is 74.0 Å². The molecule has 1 aliphatic rings. The molecular weight excluding hydrogens is 309 g/mol. The van der Waals surface area contributed by atoms with E-state index in [1.54, 1.807) is 0 Å². The summed E-state index contributed by atoms with van der Waals surface area (Å²) in [5, 5.41) is 12.9. The van der Waals surface area contributed by atoms with E-state index >= 15 is 0 Å². The second-order valence-corrected chi connectivity index (χ2v) is 6.83. The van der Waals surface area contributed by atoms with Crippen LogP contribution in [0.4, 0.5) is 0 Å². The van der Waals surface area contributed by atoms with E-state index in [4.69, 9.17) is 18.6 Å². The molecule has 0 atom stereocenters. The maximum Gasteiger partial charge on any atom is 0.494 e. The molecule has 0 amide bonds. The van der Waals surface area contributed by atoms with Crippen molar-refractivity contribution in [2.45, 2.75) is 45.8 Å². The van der Waals surface area contributed by atoms with Crippen molar-refractivity contribution < 1.29 is 23.7 Å². The lowest BCUT2D eigenvalue weighted by molar-refractivity contribution is 0.00578. The standard InChI is InChI=1S/C17H22BNO5/c1-6-21-13-9-11(18-23-16(2,3)17(4,5)24-18)7-8-12(13)14-10-15(20)19-22-14/h7-10H,6H2,1-5H3,(H,19,20). The van der Waals surface area contributed by atoms with Crippen molar-refractivity contribution in [1.29, 1.82) is 0 Å². The number of hydrogen-bond acceptors (Lipinski definition) is 6. The van der Waals surface area contributed by atoms with Crippen molar-refractivity contribution in [2.75, 3.05) is 6.61 Å². The lowest BCUT2D eigenvalue weighted by Crippen LogP contribution is -2.41. The van der Waals surface area contributed by atoms with Gasteiger partial charge in [0.15, 0.2) is 5.76 Å². The van der Waals surface area contributed by atoms with E-state index in [1.165, 1.54) is 6.07 Å². The van der Waals surface area contributed by atoms with Crippen LogP contribution in [0.15, 0.2) is 28.8 Å². The fourth-order valence-corrected chi connectivity index (χ4v) is 2.54. The Morgan fingerprint density at radius 1 is 1.12 bits per heavy atom. The minimum atomic E-state index is -0.466. The molecule has 1 N–H and O–H groups in total. The Labute approximate surface area is 141 Å². The van der Waals surface area contributed by atoms with Crippen molar-refractivity contribution in [3.05, 3.63) is 24.3 Å². The molecule has 0 radical (unpaired) electrons. The summed E-state index contributed by atoms with van der Waals surface area (Å²) >= 11 is 0. The third-order valence-corrected chi connectivity index (χ3v) is 4.59. The summed E-state index contributed by atoms with van der Waals surface area (Å²) in [6, 6.07) is 7.08. The van der Waals surface area contributed by atoms with Crippen LogP contribution >= 0.6 is 0 Å². The summed E-state index contributed by atoms with van der Waals surface area (Å²) in [7, 11) is -0.466.